The van der Waals surface area contributed by atoms with Crippen molar-refractivity contribution in [3.05, 3.63) is 94.0 Å². The molecule has 0 spiro atoms. The molecule has 0 bridgehead atoms. The summed E-state index contributed by atoms with van der Waals surface area (Å²) in [5.74, 6) is -1.54. The van der Waals surface area contributed by atoms with Gasteiger partial charge in [-0.3, -0.25) is 9.69 Å². The molecule has 3 rings (SSSR count). The normalized spacial score (nSPS) is 10.4. The van der Waals surface area contributed by atoms with Gasteiger partial charge < -0.3 is 5.11 Å². The Morgan fingerprint density at radius 1 is 0.808 bits per heavy atom. The summed E-state index contributed by atoms with van der Waals surface area (Å²) >= 11 is 12.0. The van der Waals surface area contributed by atoms with Gasteiger partial charge in [-0.25, -0.2) is 4.79 Å². The monoisotopic (exact) mass is 385 g/mol. The van der Waals surface area contributed by atoms with Gasteiger partial charge in [-0.2, -0.15) is 0 Å². The quantitative estimate of drug-likeness (QED) is 0.629. The van der Waals surface area contributed by atoms with Crippen LogP contribution in [0.15, 0.2) is 72.8 Å². The maximum absolute atomic E-state index is 13.2. The first-order valence-corrected chi connectivity index (χ1v) is 8.41. The number of halogens is 2. The van der Waals surface area contributed by atoms with Crippen LogP contribution < -0.4 is 4.90 Å². The Morgan fingerprint density at radius 2 is 1.46 bits per heavy atom. The second-order valence-electron chi connectivity index (χ2n) is 5.43. The van der Waals surface area contributed by atoms with E-state index < -0.39 is 11.9 Å². The molecule has 0 aliphatic heterocycles. The number of nitrogens with zero attached hydrogens (tertiary/aromatic N) is 1. The summed E-state index contributed by atoms with van der Waals surface area (Å²) in [5.41, 5.74) is 1.12. The van der Waals surface area contributed by atoms with E-state index in [9.17, 15) is 14.7 Å². The maximum atomic E-state index is 13.2. The minimum atomic E-state index is -1.12. The van der Waals surface area contributed by atoms with Crippen LogP contribution in [0.1, 0.15) is 20.7 Å². The van der Waals surface area contributed by atoms with Gasteiger partial charge in [0.2, 0.25) is 0 Å². The molecule has 0 atom stereocenters. The summed E-state index contributed by atoms with van der Waals surface area (Å²) in [7, 11) is 0. The Hall–Kier alpha value is -2.82. The van der Waals surface area contributed by atoms with Crippen LogP contribution in [-0.2, 0) is 0 Å². The molecular weight excluding hydrogens is 373 g/mol. The molecule has 0 aliphatic carbocycles. The minimum Gasteiger partial charge on any atom is -0.478 e. The largest absolute Gasteiger partial charge is 0.478 e. The van der Waals surface area contributed by atoms with Gasteiger partial charge in [-0.15, -0.1) is 0 Å². The molecule has 4 nitrogen and oxygen atoms in total. The first-order chi connectivity index (χ1) is 12.5. The number of benzene rings is 3. The number of hydrogen-bond donors (Lipinski definition) is 1. The zero-order chi connectivity index (χ0) is 18.7. The van der Waals surface area contributed by atoms with Gasteiger partial charge >= 0.3 is 5.97 Å². The summed E-state index contributed by atoms with van der Waals surface area (Å²) in [4.78, 5) is 26.2. The minimum absolute atomic E-state index is 0.0183. The Kier molecular flexibility index (Phi) is 5.26. The smallest absolute Gasteiger partial charge is 0.337 e. The highest BCUT2D eigenvalue weighted by Gasteiger charge is 2.24. The molecule has 6 heteroatoms. The van der Waals surface area contributed by atoms with Gasteiger partial charge in [0.25, 0.3) is 5.91 Å². The van der Waals surface area contributed by atoms with E-state index in [2.05, 4.69) is 0 Å². The third-order valence-corrected chi connectivity index (χ3v) is 4.50. The molecule has 0 saturated carbocycles. The van der Waals surface area contributed by atoms with Gasteiger partial charge in [0.05, 0.1) is 21.3 Å². The summed E-state index contributed by atoms with van der Waals surface area (Å²) in [6, 6.07) is 19.7. The molecule has 130 valence electrons. The van der Waals surface area contributed by atoms with E-state index in [1.165, 1.54) is 23.1 Å². The van der Waals surface area contributed by atoms with Gasteiger partial charge in [0.1, 0.15) is 0 Å². The Labute approximate surface area is 160 Å². The van der Waals surface area contributed by atoms with E-state index in [0.29, 0.717) is 16.3 Å². The van der Waals surface area contributed by atoms with Crippen LogP contribution in [-0.4, -0.2) is 17.0 Å². The van der Waals surface area contributed by atoms with Crippen LogP contribution in [0.3, 0.4) is 0 Å². The third-order valence-electron chi connectivity index (χ3n) is 3.76. The van der Waals surface area contributed by atoms with E-state index >= 15 is 0 Å². The predicted molar refractivity (Wildman–Crippen MR) is 103 cm³/mol. The lowest BCUT2D eigenvalue weighted by molar-refractivity contribution is 0.0698. The molecule has 1 N–H and O–H groups in total. The highest BCUT2D eigenvalue weighted by atomic mass is 35.5. The molecule has 0 aliphatic rings. The second-order valence-corrected chi connectivity index (χ2v) is 6.24. The second kappa shape index (κ2) is 7.60. The van der Waals surface area contributed by atoms with Crippen LogP contribution in [0, 0.1) is 0 Å². The van der Waals surface area contributed by atoms with Gasteiger partial charge in [0.15, 0.2) is 0 Å². The van der Waals surface area contributed by atoms with Crippen molar-refractivity contribution in [1.82, 2.24) is 0 Å². The number of carboxylic acid groups (broad SMARTS) is 1. The Bertz CT molecular complexity index is 974. The van der Waals surface area contributed by atoms with Crippen molar-refractivity contribution in [2.75, 3.05) is 4.90 Å². The fraction of sp³-hybridized carbons (Fsp3) is 0. The molecule has 0 radical (unpaired) electrons. The summed E-state index contributed by atoms with van der Waals surface area (Å²) < 4.78 is 0. The molecule has 0 saturated heterocycles. The summed E-state index contributed by atoms with van der Waals surface area (Å²) in [6.45, 7) is 0. The number of para-hydroxylation sites is 2. The van der Waals surface area contributed by atoms with Crippen LogP contribution in [0.4, 0.5) is 11.4 Å². The fourth-order valence-electron chi connectivity index (χ4n) is 2.55. The van der Waals surface area contributed by atoms with E-state index in [-0.39, 0.29) is 16.3 Å². The van der Waals surface area contributed by atoms with Crippen molar-refractivity contribution in [2.45, 2.75) is 0 Å². The molecule has 0 heterocycles. The molecule has 26 heavy (non-hydrogen) atoms. The lowest BCUT2D eigenvalue weighted by atomic mass is 10.1. The first-order valence-electron chi connectivity index (χ1n) is 7.66. The van der Waals surface area contributed by atoms with Crippen LogP contribution >= 0.6 is 23.2 Å². The molecule has 3 aromatic rings. The Morgan fingerprint density at radius 3 is 2.12 bits per heavy atom. The van der Waals surface area contributed by atoms with Crippen molar-refractivity contribution in [3.8, 4) is 0 Å². The van der Waals surface area contributed by atoms with Crippen molar-refractivity contribution in [1.29, 1.82) is 0 Å². The summed E-state index contributed by atoms with van der Waals surface area (Å²) in [5, 5.41) is 10.1. The molecular formula is C20H13Cl2NO3. The number of anilines is 2. The zero-order valence-electron chi connectivity index (χ0n) is 13.4. The number of carboxylic acids is 1. The molecule has 3 aromatic carbocycles. The highest BCUT2D eigenvalue weighted by molar-refractivity contribution is 6.42. The van der Waals surface area contributed by atoms with Gasteiger partial charge in [0, 0.05) is 11.3 Å². The van der Waals surface area contributed by atoms with Crippen LogP contribution in [0.25, 0.3) is 0 Å². The van der Waals surface area contributed by atoms with Crippen molar-refractivity contribution in [3.63, 3.8) is 0 Å². The lowest BCUT2D eigenvalue weighted by Crippen LogP contribution is -2.27. The van der Waals surface area contributed by atoms with Crippen LogP contribution in [0.2, 0.25) is 10.0 Å². The van der Waals surface area contributed by atoms with Crippen molar-refractivity contribution < 1.29 is 14.7 Å². The average Bonchev–Trinajstić information content (AvgIpc) is 2.65. The predicted octanol–water partition coefficient (Wildman–Crippen LogP) is 5.67. The number of hydrogen-bond acceptors (Lipinski definition) is 2. The third kappa shape index (κ3) is 3.57. The molecule has 1 amide bonds. The fourth-order valence-corrected chi connectivity index (χ4v) is 2.85. The topological polar surface area (TPSA) is 57.6 Å². The van der Waals surface area contributed by atoms with Gasteiger partial charge in [-0.05, 0) is 42.5 Å². The number of rotatable bonds is 4. The number of carbonyl (C=O) groups is 2. The maximum Gasteiger partial charge on any atom is 0.337 e. The van der Waals surface area contributed by atoms with Crippen molar-refractivity contribution in [2.24, 2.45) is 0 Å². The standard InChI is InChI=1S/C20H13Cl2NO3/c21-16-11-10-13(12-17(16)22)19(24)23(14-6-2-1-3-7-14)18-9-5-4-8-15(18)20(25)26/h1-12H,(H,25,26). The lowest BCUT2D eigenvalue weighted by Gasteiger charge is -2.24. The number of aromatic carboxylic acids is 1. The van der Waals surface area contributed by atoms with Crippen molar-refractivity contribution >= 4 is 46.5 Å². The zero-order valence-corrected chi connectivity index (χ0v) is 14.9. The molecule has 0 fully saturated rings. The van der Waals surface area contributed by atoms with E-state index in [1.54, 1.807) is 48.5 Å². The number of carbonyl (C=O) groups excluding carboxylic acids is 1. The SMILES string of the molecule is O=C(O)c1ccccc1N(C(=O)c1ccc(Cl)c(Cl)c1)c1ccccc1. The Balaban J connectivity index is 2.18. The number of amides is 1. The van der Waals surface area contributed by atoms with Crippen LogP contribution in [0.5, 0.6) is 0 Å². The highest BCUT2D eigenvalue weighted by Crippen LogP contribution is 2.32. The summed E-state index contributed by atoms with van der Waals surface area (Å²) in [6.07, 6.45) is 0. The molecule has 0 aromatic heterocycles. The molecule has 0 unspecified atom stereocenters. The first kappa shape index (κ1) is 18.0. The van der Waals surface area contributed by atoms with Gasteiger partial charge in [-0.1, -0.05) is 53.5 Å². The van der Waals surface area contributed by atoms with E-state index in [0.717, 1.165) is 0 Å². The average molecular weight is 386 g/mol. The van der Waals surface area contributed by atoms with E-state index in [1.807, 2.05) is 6.07 Å². The van der Waals surface area contributed by atoms with E-state index in [4.69, 9.17) is 23.2 Å².